The normalized spacial score (nSPS) is 9.50. The van der Waals surface area contributed by atoms with E-state index in [1.54, 1.807) is 0 Å². The maximum absolute atomic E-state index is 10.8. The molecule has 1 aromatic rings. The van der Waals surface area contributed by atoms with E-state index in [-0.39, 0.29) is 11.5 Å². The van der Waals surface area contributed by atoms with Crippen LogP contribution in [0.25, 0.3) is 0 Å². The number of hydrogen-bond donors (Lipinski definition) is 0. The minimum absolute atomic E-state index is 0.0870. The van der Waals surface area contributed by atoms with E-state index in [2.05, 4.69) is 4.98 Å². The van der Waals surface area contributed by atoms with Gasteiger partial charge < -0.3 is 0 Å². The van der Waals surface area contributed by atoms with Gasteiger partial charge in [-0.3, -0.25) is 14.6 Å². The molecule has 0 spiro atoms. The SMILES string of the molecule is CC(=O)c1ccc(C(=O)Cl)nc1. The predicted molar refractivity (Wildman–Crippen MR) is 44.4 cm³/mol. The molecule has 1 rings (SSSR count). The molecule has 3 nitrogen and oxygen atoms in total. The number of pyridine rings is 1. The van der Waals surface area contributed by atoms with Crippen LogP contribution < -0.4 is 0 Å². The topological polar surface area (TPSA) is 47.0 Å². The van der Waals surface area contributed by atoms with Gasteiger partial charge in [-0.15, -0.1) is 0 Å². The molecule has 0 saturated heterocycles. The van der Waals surface area contributed by atoms with E-state index in [1.165, 1.54) is 25.3 Å². The lowest BCUT2D eigenvalue weighted by molar-refractivity contribution is 0.101. The lowest BCUT2D eigenvalue weighted by atomic mass is 10.2. The average molecular weight is 184 g/mol. The van der Waals surface area contributed by atoms with Crippen LogP contribution in [0.2, 0.25) is 0 Å². The summed E-state index contributed by atoms with van der Waals surface area (Å²) in [7, 11) is 0. The molecule has 0 atom stereocenters. The molecule has 0 aliphatic carbocycles. The third kappa shape index (κ3) is 1.89. The van der Waals surface area contributed by atoms with Gasteiger partial charge >= 0.3 is 0 Å². The van der Waals surface area contributed by atoms with E-state index in [0.717, 1.165) is 0 Å². The molecule has 62 valence electrons. The van der Waals surface area contributed by atoms with E-state index in [1.807, 2.05) is 0 Å². The zero-order chi connectivity index (χ0) is 9.14. The first kappa shape index (κ1) is 8.87. The van der Waals surface area contributed by atoms with Gasteiger partial charge in [0.2, 0.25) is 0 Å². The van der Waals surface area contributed by atoms with Gasteiger partial charge in [-0.25, -0.2) is 0 Å². The summed E-state index contributed by atoms with van der Waals surface area (Å²) in [5, 5.41) is -0.620. The monoisotopic (exact) mass is 183 g/mol. The Balaban J connectivity index is 3.01. The van der Waals surface area contributed by atoms with Gasteiger partial charge in [0.1, 0.15) is 5.69 Å². The van der Waals surface area contributed by atoms with Crippen molar-refractivity contribution in [3.63, 3.8) is 0 Å². The zero-order valence-corrected chi connectivity index (χ0v) is 7.13. The van der Waals surface area contributed by atoms with Crippen LogP contribution in [0.5, 0.6) is 0 Å². The van der Waals surface area contributed by atoms with Gasteiger partial charge in [-0.1, -0.05) is 0 Å². The van der Waals surface area contributed by atoms with E-state index in [0.29, 0.717) is 5.56 Å². The van der Waals surface area contributed by atoms with E-state index in [9.17, 15) is 9.59 Å². The Hall–Kier alpha value is -1.22. The summed E-state index contributed by atoms with van der Waals surface area (Å²) >= 11 is 5.15. The van der Waals surface area contributed by atoms with Crippen molar-refractivity contribution in [1.82, 2.24) is 4.98 Å². The molecule has 4 heteroatoms. The van der Waals surface area contributed by atoms with Crippen LogP contribution >= 0.6 is 11.6 Å². The lowest BCUT2D eigenvalue weighted by Gasteiger charge is -1.94. The molecule has 0 bridgehead atoms. The smallest absolute Gasteiger partial charge is 0.270 e. The molecular weight excluding hydrogens is 178 g/mol. The highest BCUT2D eigenvalue weighted by Gasteiger charge is 2.04. The van der Waals surface area contributed by atoms with Crippen molar-refractivity contribution in [3.05, 3.63) is 29.6 Å². The van der Waals surface area contributed by atoms with Crippen molar-refractivity contribution in [2.75, 3.05) is 0 Å². The van der Waals surface area contributed by atoms with Gasteiger partial charge in [0.15, 0.2) is 5.78 Å². The van der Waals surface area contributed by atoms with E-state index in [4.69, 9.17) is 11.6 Å². The fourth-order valence-corrected chi connectivity index (χ4v) is 0.830. The minimum atomic E-state index is -0.620. The first-order chi connectivity index (χ1) is 5.61. The molecular formula is C8H6ClNO2. The van der Waals surface area contributed by atoms with Crippen LogP contribution in [0, 0.1) is 0 Å². The first-order valence-electron chi connectivity index (χ1n) is 3.28. The molecule has 12 heavy (non-hydrogen) atoms. The molecule has 1 aromatic heterocycles. The Labute approximate surface area is 74.4 Å². The summed E-state index contributed by atoms with van der Waals surface area (Å²) in [5.74, 6) is -0.0870. The minimum Gasteiger partial charge on any atom is -0.294 e. The van der Waals surface area contributed by atoms with Gasteiger partial charge in [0.25, 0.3) is 5.24 Å². The van der Waals surface area contributed by atoms with E-state index >= 15 is 0 Å². The standard InChI is InChI=1S/C8H6ClNO2/c1-5(11)6-2-3-7(8(9)12)10-4-6/h2-4H,1H3. The quantitative estimate of drug-likeness (QED) is 0.518. The predicted octanol–water partition coefficient (Wildman–Crippen LogP) is 1.66. The lowest BCUT2D eigenvalue weighted by Crippen LogP contribution is -1.97. The molecule has 0 saturated carbocycles. The Morgan fingerprint density at radius 3 is 2.42 bits per heavy atom. The highest BCUT2D eigenvalue weighted by atomic mass is 35.5. The molecule has 0 unspecified atom stereocenters. The fourth-order valence-electron chi connectivity index (χ4n) is 0.718. The summed E-state index contributed by atoms with van der Waals surface area (Å²) in [4.78, 5) is 25.0. The van der Waals surface area contributed by atoms with Crippen molar-refractivity contribution in [3.8, 4) is 0 Å². The highest BCUT2D eigenvalue weighted by Crippen LogP contribution is 2.03. The summed E-state index contributed by atoms with van der Waals surface area (Å²) in [6.07, 6.45) is 1.33. The van der Waals surface area contributed by atoms with Crippen molar-refractivity contribution in [1.29, 1.82) is 0 Å². The molecule has 0 fully saturated rings. The van der Waals surface area contributed by atoms with Gasteiger partial charge in [0.05, 0.1) is 0 Å². The molecule has 1 heterocycles. The summed E-state index contributed by atoms with van der Waals surface area (Å²) in [6.45, 7) is 1.43. The Bertz CT molecular complexity index is 285. The third-order valence-corrected chi connectivity index (χ3v) is 1.57. The maximum atomic E-state index is 10.8. The molecule has 0 aliphatic heterocycles. The summed E-state index contributed by atoms with van der Waals surface area (Å²) < 4.78 is 0. The van der Waals surface area contributed by atoms with Crippen LogP contribution in [0.4, 0.5) is 0 Å². The fraction of sp³-hybridized carbons (Fsp3) is 0.125. The van der Waals surface area contributed by atoms with Gasteiger partial charge in [0, 0.05) is 11.8 Å². The van der Waals surface area contributed by atoms with Crippen molar-refractivity contribution >= 4 is 22.6 Å². The van der Waals surface area contributed by atoms with Crippen LogP contribution in [-0.4, -0.2) is 16.0 Å². The maximum Gasteiger partial charge on any atom is 0.270 e. The van der Waals surface area contributed by atoms with Crippen molar-refractivity contribution < 1.29 is 9.59 Å². The number of aromatic nitrogens is 1. The second-order valence-electron chi connectivity index (χ2n) is 2.26. The van der Waals surface area contributed by atoms with Crippen molar-refractivity contribution in [2.24, 2.45) is 0 Å². The third-order valence-electron chi connectivity index (χ3n) is 1.37. The van der Waals surface area contributed by atoms with Crippen LogP contribution in [-0.2, 0) is 0 Å². The van der Waals surface area contributed by atoms with Crippen LogP contribution in [0.15, 0.2) is 18.3 Å². The number of carbonyl (C=O) groups excluding carboxylic acids is 2. The second kappa shape index (κ2) is 3.45. The summed E-state index contributed by atoms with van der Waals surface area (Å²) in [6, 6.07) is 2.94. The largest absolute Gasteiger partial charge is 0.294 e. The van der Waals surface area contributed by atoms with Crippen LogP contribution in [0.3, 0.4) is 0 Å². The average Bonchev–Trinajstić information content (AvgIpc) is 2.04. The van der Waals surface area contributed by atoms with E-state index < -0.39 is 5.24 Å². The summed E-state index contributed by atoms with van der Waals surface area (Å²) in [5.41, 5.74) is 0.623. The van der Waals surface area contributed by atoms with Gasteiger partial charge in [-0.2, -0.15) is 0 Å². The highest BCUT2D eigenvalue weighted by molar-refractivity contribution is 6.67. The van der Waals surface area contributed by atoms with Crippen LogP contribution in [0.1, 0.15) is 27.8 Å². The number of nitrogens with zero attached hydrogens (tertiary/aromatic N) is 1. The Morgan fingerprint density at radius 2 is 2.08 bits per heavy atom. The number of Topliss-reactive ketones (excluding diaryl/α,β-unsaturated/α-hetero) is 1. The zero-order valence-electron chi connectivity index (χ0n) is 6.37. The second-order valence-corrected chi connectivity index (χ2v) is 2.61. The number of carbonyl (C=O) groups is 2. The van der Waals surface area contributed by atoms with Gasteiger partial charge in [-0.05, 0) is 30.7 Å². The molecule has 0 N–H and O–H groups in total. The number of halogens is 1. The van der Waals surface area contributed by atoms with Crippen molar-refractivity contribution in [2.45, 2.75) is 6.92 Å². The number of rotatable bonds is 2. The molecule has 0 radical (unpaired) electrons. The Kier molecular flexibility index (Phi) is 2.55. The molecule has 0 aliphatic rings. The number of ketones is 1. The Morgan fingerprint density at radius 1 is 1.42 bits per heavy atom. The molecule has 0 amide bonds. The molecule has 0 aromatic carbocycles. The number of hydrogen-bond acceptors (Lipinski definition) is 3. The first-order valence-corrected chi connectivity index (χ1v) is 3.66.